The van der Waals surface area contributed by atoms with Gasteiger partial charge in [-0.2, -0.15) is 0 Å². The van der Waals surface area contributed by atoms with E-state index < -0.39 is 0 Å². The van der Waals surface area contributed by atoms with E-state index in [0.29, 0.717) is 28.7 Å². The first kappa shape index (κ1) is 28.2. The maximum absolute atomic E-state index is 13.8. The summed E-state index contributed by atoms with van der Waals surface area (Å²) in [6, 6.07) is 22.2. The number of carbonyl (C=O) groups is 2. The number of thiophene rings is 1. The molecule has 0 radical (unpaired) electrons. The number of nitrogens with zero attached hydrogens (tertiary/aromatic N) is 3. The molecule has 0 atom stereocenters. The van der Waals surface area contributed by atoms with Gasteiger partial charge in [-0.25, -0.2) is 4.79 Å². The van der Waals surface area contributed by atoms with Crippen LogP contribution in [0.2, 0.25) is 0 Å². The van der Waals surface area contributed by atoms with Crippen molar-refractivity contribution in [2.45, 2.75) is 52.6 Å². The molecule has 4 aromatic rings. The number of fused-ring (bicyclic) bond motifs is 1. The summed E-state index contributed by atoms with van der Waals surface area (Å²) in [6.45, 7) is 5.06. The minimum Gasteiger partial charge on any atom is -0.465 e. The number of benzene rings is 2. The molecule has 6 rings (SSSR count). The van der Waals surface area contributed by atoms with Gasteiger partial charge < -0.3 is 9.30 Å². The van der Waals surface area contributed by atoms with Gasteiger partial charge in [0.2, 0.25) is 0 Å². The third-order valence-corrected chi connectivity index (χ3v) is 10.1. The Balaban J connectivity index is 1.37. The Morgan fingerprint density at radius 1 is 1.00 bits per heavy atom. The molecule has 214 valence electrons. The molecule has 0 bridgehead atoms. The van der Waals surface area contributed by atoms with E-state index in [-0.39, 0.29) is 11.9 Å². The molecule has 2 aliphatic rings. The minimum atomic E-state index is -0.283. The van der Waals surface area contributed by atoms with Crippen LogP contribution in [0, 0.1) is 13.8 Å². The second-order valence-electron chi connectivity index (χ2n) is 10.6. The van der Waals surface area contributed by atoms with Crippen molar-refractivity contribution in [2.24, 2.45) is 4.99 Å². The van der Waals surface area contributed by atoms with Gasteiger partial charge in [-0.15, -0.1) is 11.3 Å². The van der Waals surface area contributed by atoms with Crippen LogP contribution in [-0.2, 0) is 35.5 Å². The molecule has 1 fully saturated rings. The summed E-state index contributed by atoms with van der Waals surface area (Å²) < 4.78 is 7.38. The number of aliphatic imine (C=N–C) groups is 1. The van der Waals surface area contributed by atoms with E-state index in [1.165, 1.54) is 23.7 Å². The molecule has 1 aliphatic carbocycles. The Morgan fingerprint density at radius 3 is 2.40 bits per heavy atom. The Bertz CT molecular complexity index is 1700. The summed E-state index contributed by atoms with van der Waals surface area (Å²) in [4.78, 5) is 35.3. The van der Waals surface area contributed by atoms with Gasteiger partial charge in [0.05, 0.1) is 30.7 Å². The van der Waals surface area contributed by atoms with E-state index in [1.54, 1.807) is 16.2 Å². The highest BCUT2D eigenvalue weighted by Gasteiger charge is 2.34. The monoisotopic (exact) mass is 595 g/mol. The highest BCUT2D eigenvalue weighted by molar-refractivity contribution is 8.18. The van der Waals surface area contributed by atoms with Gasteiger partial charge in [0.15, 0.2) is 5.17 Å². The van der Waals surface area contributed by atoms with Gasteiger partial charge in [0.25, 0.3) is 5.91 Å². The van der Waals surface area contributed by atoms with Crippen LogP contribution in [0.1, 0.15) is 61.7 Å². The van der Waals surface area contributed by atoms with Crippen molar-refractivity contribution in [1.82, 2.24) is 9.47 Å². The van der Waals surface area contributed by atoms with Crippen LogP contribution in [0.5, 0.6) is 0 Å². The Morgan fingerprint density at radius 2 is 1.69 bits per heavy atom. The highest BCUT2D eigenvalue weighted by atomic mass is 32.2. The summed E-state index contributed by atoms with van der Waals surface area (Å²) in [6.07, 6.45) is 6.09. The van der Waals surface area contributed by atoms with Crippen LogP contribution in [0.25, 0.3) is 11.1 Å². The number of carbonyl (C=O) groups excluding carboxylic acids is 2. The highest BCUT2D eigenvalue weighted by Crippen LogP contribution is 2.40. The number of aromatic nitrogens is 1. The lowest BCUT2D eigenvalue weighted by Crippen LogP contribution is -2.28. The first-order chi connectivity index (χ1) is 20.4. The molecule has 6 nitrogen and oxygen atoms in total. The van der Waals surface area contributed by atoms with Crippen molar-refractivity contribution >= 4 is 46.2 Å². The second-order valence-corrected chi connectivity index (χ2v) is 12.7. The number of methoxy groups -OCH3 is 1. The topological polar surface area (TPSA) is 63.9 Å². The van der Waals surface area contributed by atoms with Crippen molar-refractivity contribution in [2.75, 3.05) is 7.11 Å². The number of amidine groups is 1. The lowest BCUT2D eigenvalue weighted by atomic mass is 9.95. The van der Waals surface area contributed by atoms with Gasteiger partial charge in [-0.05, 0) is 85.7 Å². The molecule has 0 N–H and O–H groups in total. The lowest BCUT2D eigenvalue weighted by Gasteiger charge is -2.15. The molecule has 0 unspecified atom stereocenters. The molecule has 8 heteroatoms. The predicted molar refractivity (Wildman–Crippen MR) is 171 cm³/mol. The van der Waals surface area contributed by atoms with Gasteiger partial charge in [0, 0.05) is 16.3 Å². The van der Waals surface area contributed by atoms with Crippen LogP contribution in [0.15, 0.2) is 76.6 Å². The number of thioether (sulfide) groups is 1. The van der Waals surface area contributed by atoms with E-state index in [9.17, 15) is 9.59 Å². The number of esters is 1. The quantitative estimate of drug-likeness (QED) is 0.164. The largest absolute Gasteiger partial charge is 0.465 e. The maximum atomic E-state index is 13.8. The summed E-state index contributed by atoms with van der Waals surface area (Å²) in [5.74, 6) is -0.337. The standard InChI is InChI=1S/C34H33N3O3S2/c1-22-18-26(23(2)37(22)32-30(33(39)40-3)27-16-10-11-17-28(27)41-32)19-29-31(38)36(21-25-14-8-5-9-15-25)34(42-29)35-20-24-12-6-4-7-13-24/h4-9,12-15,18-19H,10-11,16-17,20-21H2,1-3H3/b29-19-,35-34?. The zero-order valence-corrected chi connectivity index (χ0v) is 25.7. The Labute approximate surface area is 254 Å². The summed E-state index contributed by atoms with van der Waals surface area (Å²) >= 11 is 3.11. The number of hydrogen-bond acceptors (Lipinski definition) is 6. The fraction of sp³-hybridized carbons (Fsp3) is 0.265. The summed E-state index contributed by atoms with van der Waals surface area (Å²) in [7, 11) is 1.45. The fourth-order valence-electron chi connectivity index (χ4n) is 5.68. The average Bonchev–Trinajstić information content (AvgIpc) is 3.63. The molecule has 2 aromatic heterocycles. The number of amides is 1. The van der Waals surface area contributed by atoms with Gasteiger partial charge in [0.1, 0.15) is 5.00 Å². The zero-order chi connectivity index (χ0) is 29.2. The predicted octanol–water partition coefficient (Wildman–Crippen LogP) is 7.49. The number of ether oxygens (including phenoxy) is 1. The third-order valence-electron chi connectivity index (χ3n) is 7.81. The van der Waals surface area contributed by atoms with Crippen molar-refractivity contribution in [1.29, 1.82) is 0 Å². The van der Waals surface area contributed by atoms with Crippen LogP contribution in [-0.4, -0.2) is 33.6 Å². The Hall–Kier alpha value is -3.88. The molecular formula is C34H33N3O3S2. The zero-order valence-electron chi connectivity index (χ0n) is 24.1. The van der Waals surface area contributed by atoms with Crippen LogP contribution in [0.4, 0.5) is 0 Å². The van der Waals surface area contributed by atoms with Gasteiger partial charge >= 0.3 is 5.97 Å². The second kappa shape index (κ2) is 12.2. The number of hydrogen-bond donors (Lipinski definition) is 0. The maximum Gasteiger partial charge on any atom is 0.341 e. The van der Waals surface area contributed by atoms with Crippen LogP contribution >= 0.6 is 23.1 Å². The first-order valence-corrected chi connectivity index (χ1v) is 15.8. The molecule has 1 saturated heterocycles. The van der Waals surface area contributed by atoms with Crippen molar-refractivity contribution in [3.8, 4) is 5.00 Å². The van der Waals surface area contributed by atoms with Crippen molar-refractivity contribution < 1.29 is 14.3 Å². The molecular weight excluding hydrogens is 563 g/mol. The fourth-order valence-corrected chi connectivity index (χ4v) is 8.14. The van der Waals surface area contributed by atoms with Crippen molar-refractivity contribution in [3.05, 3.63) is 116 Å². The van der Waals surface area contributed by atoms with E-state index in [1.807, 2.05) is 73.7 Å². The molecule has 1 amide bonds. The molecule has 1 aliphatic heterocycles. The summed E-state index contributed by atoms with van der Waals surface area (Å²) in [5.41, 5.74) is 6.93. The van der Waals surface area contributed by atoms with Crippen molar-refractivity contribution in [3.63, 3.8) is 0 Å². The van der Waals surface area contributed by atoms with E-state index in [4.69, 9.17) is 9.73 Å². The minimum absolute atomic E-state index is 0.0534. The normalized spacial score (nSPS) is 16.8. The SMILES string of the molecule is COC(=O)c1c(-n2c(C)cc(/C=C3\SC(=NCc4ccccc4)N(Cc4ccccc4)C3=O)c2C)sc2c1CCCC2. The molecule has 0 saturated carbocycles. The van der Waals surface area contributed by atoms with Crippen LogP contribution in [0.3, 0.4) is 0 Å². The average molecular weight is 596 g/mol. The molecule has 3 heterocycles. The van der Waals surface area contributed by atoms with Gasteiger partial charge in [-0.3, -0.25) is 14.7 Å². The van der Waals surface area contributed by atoms with Crippen LogP contribution < -0.4 is 0 Å². The number of aryl methyl sites for hydroxylation is 2. The number of rotatable bonds is 7. The third kappa shape index (κ3) is 5.49. The smallest absolute Gasteiger partial charge is 0.341 e. The van der Waals surface area contributed by atoms with E-state index in [2.05, 4.69) is 17.6 Å². The first-order valence-electron chi connectivity index (χ1n) is 14.2. The van der Waals surface area contributed by atoms with E-state index in [0.717, 1.165) is 64.3 Å². The lowest BCUT2D eigenvalue weighted by molar-refractivity contribution is -0.122. The summed E-state index contributed by atoms with van der Waals surface area (Å²) in [5, 5.41) is 1.61. The molecule has 2 aromatic carbocycles. The molecule has 42 heavy (non-hydrogen) atoms. The van der Waals surface area contributed by atoms with E-state index >= 15 is 0 Å². The molecule has 0 spiro atoms. The Kier molecular flexibility index (Phi) is 8.18. The van der Waals surface area contributed by atoms with Gasteiger partial charge in [-0.1, -0.05) is 60.7 Å².